The molecule has 4 aliphatic rings. The summed E-state index contributed by atoms with van der Waals surface area (Å²) < 4.78 is 35.1. The largest absolute Gasteiger partial charge is 0.509 e. The molecule has 1 saturated heterocycles. The van der Waals surface area contributed by atoms with Crippen molar-refractivity contribution >= 4 is 29.8 Å². The fourth-order valence-corrected chi connectivity index (χ4v) is 9.48. The standard InChI is InChI=1S/C43H53NO14/c1-22-26(54-37(50)32(55-38(51)58-39(3,4)5)30(44)24-15-11-9-12-16-24)20-43(52)35(56-36(49)25-17-13-10-14-18-25)33-41(8,34(48)31(47)29(22)40(43,6)7)27(46)19-28-42(33,21-53-28)57-23(2)45/h9-18,26-28,30-33,35,46-47,52H,19-21,44H2,1-8H3/t26-,27-,28+,30-,31+,32+,33-,35-,41+,42-,43+/m0/s1. The van der Waals surface area contributed by atoms with Crippen LogP contribution in [0.3, 0.4) is 0 Å². The minimum atomic E-state index is -2.35. The third-order valence-corrected chi connectivity index (χ3v) is 12.5. The first-order chi connectivity index (χ1) is 27.0. The van der Waals surface area contributed by atoms with Gasteiger partial charge in [-0.2, -0.15) is 0 Å². The van der Waals surface area contributed by atoms with E-state index in [-0.39, 0.29) is 29.7 Å². The number of nitrogens with two attached hydrogens (primary N) is 1. The Labute approximate surface area is 336 Å². The third-order valence-electron chi connectivity index (χ3n) is 12.5. The molecular formula is C43H53NO14. The highest BCUT2D eigenvalue weighted by Gasteiger charge is 2.78. The van der Waals surface area contributed by atoms with Gasteiger partial charge in [-0.05, 0) is 63.5 Å². The fraction of sp³-hybridized carbons (Fsp3) is 0.558. The van der Waals surface area contributed by atoms with Gasteiger partial charge in [0.2, 0.25) is 6.10 Å². The van der Waals surface area contributed by atoms with E-state index >= 15 is 0 Å². The first kappa shape index (κ1) is 42.9. The van der Waals surface area contributed by atoms with Crippen LogP contribution in [-0.4, -0.2) is 105 Å². The highest BCUT2D eigenvalue weighted by molar-refractivity contribution is 5.94. The molecule has 11 atom stereocenters. The monoisotopic (exact) mass is 807 g/mol. The van der Waals surface area contributed by atoms with E-state index in [9.17, 15) is 39.3 Å². The Bertz CT molecular complexity index is 1980. The summed E-state index contributed by atoms with van der Waals surface area (Å²) >= 11 is 0. The van der Waals surface area contributed by atoms with Gasteiger partial charge in [-0.25, -0.2) is 14.4 Å². The lowest BCUT2D eigenvalue weighted by atomic mass is 9.44. The molecule has 15 nitrogen and oxygen atoms in total. The Morgan fingerprint density at radius 2 is 1.55 bits per heavy atom. The molecule has 5 N–H and O–H groups in total. The Balaban J connectivity index is 1.52. The second-order valence-corrected chi connectivity index (χ2v) is 17.5. The predicted molar refractivity (Wildman–Crippen MR) is 204 cm³/mol. The zero-order valence-corrected chi connectivity index (χ0v) is 33.9. The van der Waals surface area contributed by atoms with Gasteiger partial charge in [-0.15, -0.1) is 0 Å². The number of esters is 3. The maximum atomic E-state index is 15.0. The van der Waals surface area contributed by atoms with Crippen LogP contribution in [0.15, 0.2) is 71.8 Å². The van der Waals surface area contributed by atoms with Crippen molar-refractivity contribution in [3.05, 3.63) is 82.9 Å². The number of fused-ring (bicyclic) bond motifs is 5. The Morgan fingerprint density at radius 1 is 0.948 bits per heavy atom. The van der Waals surface area contributed by atoms with Crippen molar-refractivity contribution < 1.29 is 67.7 Å². The number of carbonyl (C=O) groups excluding carboxylic acids is 5. The molecule has 1 aliphatic heterocycles. The Kier molecular flexibility index (Phi) is 11.2. The lowest BCUT2D eigenvalue weighted by molar-refractivity contribution is -0.346. The van der Waals surface area contributed by atoms with Crippen LogP contribution in [-0.2, 0) is 42.8 Å². The first-order valence-electron chi connectivity index (χ1n) is 19.3. The highest BCUT2D eigenvalue weighted by Crippen LogP contribution is 2.64. The summed E-state index contributed by atoms with van der Waals surface area (Å²) in [6.07, 6.45) is -11.5. The molecule has 58 heavy (non-hydrogen) atoms. The first-order valence-corrected chi connectivity index (χ1v) is 19.3. The van der Waals surface area contributed by atoms with E-state index in [1.807, 2.05) is 0 Å². The van der Waals surface area contributed by atoms with E-state index in [2.05, 4.69) is 0 Å². The van der Waals surface area contributed by atoms with Crippen LogP contribution in [0.5, 0.6) is 0 Å². The average Bonchev–Trinajstić information content (AvgIpc) is 3.14. The quantitative estimate of drug-likeness (QED) is 0.170. The molecule has 0 aromatic heterocycles. The number of rotatable bonds is 8. The predicted octanol–water partition coefficient (Wildman–Crippen LogP) is 3.65. The van der Waals surface area contributed by atoms with Crippen molar-refractivity contribution in [1.29, 1.82) is 0 Å². The topological polar surface area (TPSA) is 227 Å². The van der Waals surface area contributed by atoms with Crippen molar-refractivity contribution in [1.82, 2.24) is 0 Å². The average molecular weight is 808 g/mol. The van der Waals surface area contributed by atoms with Crippen molar-refractivity contribution in [3.8, 4) is 0 Å². The molecule has 1 heterocycles. The SMILES string of the molecule is CC(=O)O[C@@]12CO[C@@H]1C[C@H](O)[C@@]1(C)C(=O)[C@H](O)C3=C(C)[C@@H](OC(=O)[C@H](OC(=O)OC(C)(C)C)[C@@H](N)c4ccccc4)C[C@@](O)([C@@H](OC(=O)c4ccccc4)[C@H]21)C3(C)C. The summed E-state index contributed by atoms with van der Waals surface area (Å²) in [6, 6.07) is 14.9. The molecule has 0 amide bonds. The normalized spacial score (nSPS) is 33.7. The van der Waals surface area contributed by atoms with E-state index in [1.165, 1.54) is 26.0 Å². The molecule has 2 aromatic carbocycles. The van der Waals surface area contributed by atoms with Crippen molar-refractivity contribution in [2.45, 2.75) is 128 Å². The van der Waals surface area contributed by atoms with Gasteiger partial charge in [0.1, 0.15) is 35.6 Å². The van der Waals surface area contributed by atoms with E-state index in [0.29, 0.717) is 5.56 Å². The van der Waals surface area contributed by atoms with Crippen LogP contribution in [0, 0.1) is 16.7 Å². The summed E-state index contributed by atoms with van der Waals surface area (Å²) in [6.45, 7) is 11.7. The van der Waals surface area contributed by atoms with Gasteiger partial charge in [0, 0.05) is 25.2 Å². The second-order valence-electron chi connectivity index (χ2n) is 17.5. The number of aliphatic hydroxyl groups excluding tert-OH is 2. The van der Waals surface area contributed by atoms with Crippen molar-refractivity contribution in [3.63, 3.8) is 0 Å². The Hall–Kier alpha value is -4.67. The second kappa shape index (κ2) is 15.2. The van der Waals surface area contributed by atoms with Gasteiger partial charge >= 0.3 is 24.1 Å². The molecule has 0 spiro atoms. The van der Waals surface area contributed by atoms with Gasteiger partial charge < -0.3 is 49.5 Å². The Morgan fingerprint density at radius 3 is 2.10 bits per heavy atom. The molecule has 3 fully saturated rings. The molecule has 15 heteroatoms. The molecular weight excluding hydrogens is 754 g/mol. The van der Waals surface area contributed by atoms with Gasteiger partial charge in [0.05, 0.1) is 35.6 Å². The van der Waals surface area contributed by atoms with Gasteiger partial charge in [-0.3, -0.25) is 9.59 Å². The van der Waals surface area contributed by atoms with E-state index in [1.54, 1.807) is 83.1 Å². The summed E-state index contributed by atoms with van der Waals surface area (Å²) in [7, 11) is 0. The van der Waals surface area contributed by atoms with Crippen LogP contribution >= 0.6 is 0 Å². The third kappa shape index (κ3) is 7.10. The van der Waals surface area contributed by atoms with Gasteiger partial charge in [0.15, 0.2) is 11.4 Å². The summed E-state index contributed by atoms with van der Waals surface area (Å²) in [5.41, 5.74) is -1.55. The maximum Gasteiger partial charge on any atom is 0.509 e. The fourth-order valence-electron chi connectivity index (χ4n) is 9.48. The minimum absolute atomic E-state index is 0.0535. The van der Waals surface area contributed by atoms with E-state index in [4.69, 9.17) is 34.2 Å². The number of ether oxygens (including phenoxy) is 6. The number of benzene rings is 2. The molecule has 2 aromatic rings. The van der Waals surface area contributed by atoms with Crippen LogP contribution in [0.2, 0.25) is 0 Å². The zero-order chi connectivity index (χ0) is 42.7. The molecule has 3 aliphatic carbocycles. The summed E-state index contributed by atoms with van der Waals surface area (Å²) in [4.78, 5) is 69.3. The minimum Gasteiger partial charge on any atom is -0.455 e. The number of carbonyl (C=O) groups is 5. The lowest BCUT2D eigenvalue weighted by Crippen LogP contribution is -2.81. The van der Waals surface area contributed by atoms with E-state index < -0.39 is 112 Å². The number of hydrogen-bond donors (Lipinski definition) is 4. The number of aliphatic hydroxyl groups is 3. The number of ketones is 1. The van der Waals surface area contributed by atoms with Gasteiger partial charge in [-0.1, -0.05) is 62.4 Å². The molecule has 314 valence electrons. The molecule has 2 bridgehead atoms. The molecule has 0 unspecified atom stereocenters. The van der Waals surface area contributed by atoms with Crippen molar-refractivity contribution in [2.75, 3.05) is 6.61 Å². The molecule has 2 saturated carbocycles. The van der Waals surface area contributed by atoms with Crippen LogP contribution < -0.4 is 5.73 Å². The van der Waals surface area contributed by atoms with Crippen LogP contribution in [0.1, 0.15) is 90.2 Å². The lowest BCUT2D eigenvalue weighted by Gasteiger charge is -2.67. The molecule has 0 radical (unpaired) electrons. The number of hydrogen-bond acceptors (Lipinski definition) is 15. The molecule has 6 rings (SSSR count). The maximum absolute atomic E-state index is 15.0. The number of Topliss-reactive ketones (excluding diaryl/α,β-unsaturated/α-hetero) is 1. The highest BCUT2D eigenvalue weighted by atomic mass is 16.7. The summed E-state index contributed by atoms with van der Waals surface area (Å²) in [5, 5.41) is 37.6. The smallest absolute Gasteiger partial charge is 0.455 e. The van der Waals surface area contributed by atoms with Gasteiger partial charge in [0.25, 0.3) is 0 Å². The summed E-state index contributed by atoms with van der Waals surface area (Å²) in [5.74, 6) is -5.25. The van der Waals surface area contributed by atoms with Crippen LogP contribution in [0.4, 0.5) is 4.79 Å². The van der Waals surface area contributed by atoms with E-state index in [0.717, 1.165) is 6.92 Å². The zero-order valence-electron chi connectivity index (χ0n) is 33.9. The van der Waals surface area contributed by atoms with Crippen LogP contribution in [0.25, 0.3) is 0 Å². The van der Waals surface area contributed by atoms with Crippen molar-refractivity contribution in [2.24, 2.45) is 22.5 Å².